The normalized spacial score (nSPS) is 16.2. The molecule has 2 rings (SSSR count). The second-order valence-electron chi connectivity index (χ2n) is 6.09. The third kappa shape index (κ3) is 5.45. The van der Waals surface area contributed by atoms with Gasteiger partial charge in [-0.15, -0.1) is 0 Å². The number of hydrogen-bond acceptors (Lipinski definition) is 5. The fourth-order valence-electron chi connectivity index (χ4n) is 2.68. The quantitative estimate of drug-likeness (QED) is 0.727. The highest BCUT2D eigenvalue weighted by Gasteiger charge is 2.19. The maximum atomic E-state index is 12.1. The molecule has 0 aliphatic carbocycles. The maximum absolute atomic E-state index is 12.1. The maximum Gasteiger partial charge on any atom is 0.238 e. The van der Waals surface area contributed by atoms with Crippen LogP contribution in [0.1, 0.15) is 38.7 Å². The molecule has 24 heavy (non-hydrogen) atoms. The molecule has 1 atom stereocenters. The number of hydrogen-bond donors (Lipinski definition) is 2. The average Bonchev–Trinajstić information content (AvgIpc) is 3.06. The van der Waals surface area contributed by atoms with E-state index < -0.39 is 16.1 Å². The molecule has 2 N–H and O–H groups in total. The van der Waals surface area contributed by atoms with E-state index in [4.69, 9.17) is 0 Å². The molecule has 1 saturated heterocycles. The molecule has 0 aromatic carbocycles. The highest BCUT2D eigenvalue weighted by atomic mass is 32.2. The molecule has 0 unspecified atom stereocenters. The average molecular weight is 354 g/mol. The zero-order chi connectivity index (χ0) is 17.6. The highest BCUT2D eigenvalue weighted by Crippen LogP contribution is 2.18. The van der Waals surface area contributed by atoms with Crippen molar-refractivity contribution in [3.8, 4) is 0 Å². The summed E-state index contributed by atoms with van der Waals surface area (Å²) in [5.74, 6) is 0.610. The monoisotopic (exact) mass is 354 g/mol. The van der Waals surface area contributed by atoms with E-state index in [2.05, 4.69) is 19.9 Å². The fraction of sp³-hybridized carbons (Fsp3) is 0.625. The fourth-order valence-corrected chi connectivity index (χ4v) is 3.98. The smallest absolute Gasteiger partial charge is 0.238 e. The summed E-state index contributed by atoms with van der Waals surface area (Å²) in [6.07, 6.45) is 4.61. The third-order valence-electron chi connectivity index (χ3n) is 3.93. The van der Waals surface area contributed by atoms with Crippen LogP contribution in [0.3, 0.4) is 0 Å². The number of anilines is 1. The largest absolute Gasteiger partial charge is 0.357 e. The minimum absolute atomic E-state index is 0.0220. The van der Waals surface area contributed by atoms with E-state index in [1.807, 2.05) is 12.1 Å². The molecule has 2 heterocycles. The Morgan fingerprint density at radius 1 is 1.38 bits per heavy atom. The summed E-state index contributed by atoms with van der Waals surface area (Å²) in [4.78, 5) is 18.7. The number of rotatable bonds is 8. The van der Waals surface area contributed by atoms with Gasteiger partial charge in [0.25, 0.3) is 0 Å². The molecular weight excluding hydrogens is 328 g/mol. The summed E-state index contributed by atoms with van der Waals surface area (Å²) in [5, 5.41) is 2.77. The molecule has 1 amide bonds. The van der Waals surface area contributed by atoms with Gasteiger partial charge in [0.2, 0.25) is 15.9 Å². The Bertz CT molecular complexity index is 657. The highest BCUT2D eigenvalue weighted by molar-refractivity contribution is 7.89. The van der Waals surface area contributed by atoms with Crippen molar-refractivity contribution in [2.75, 3.05) is 23.7 Å². The Balaban J connectivity index is 1.88. The minimum Gasteiger partial charge on any atom is -0.357 e. The van der Waals surface area contributed by atoms with E-state index in [0.29, 0.717) is 13.0 Å². The van der Waals surface area contributed by atoms with Gasteiger partial charge in [-0.1, -0.05) is 6.92 Å². The van der Waals surface area contributed by atoms with Crippen LogP contribution in [0.4, 0.5) is 5.82 Å². The standard InChI is InChI=1S/C16H26N4O3S/c1-3-10-24(22,23)19-13(2)16(21)18-12-14-6-7-17-15(11-14)20-8-4-5-9-20/h6-7,11,13,19H,3-5,8-10,12H2,1-2H3,(H,18,21)/t13-/m0/s1. The Labute approximate surface area is 143 Å². The predicted octanol–water partition coefficient (Wildman–Crippen LogP) is 1.02. The molecule has 7 nitrogen and oxygen atoms in total. The van der Waals surface area contributed by atoms with Gasteiger partial charge < -0.3 is 10.2 Å². The molecule has 1 aliphatic rings. The van der Waals surface area contributed by atoms with Crippen LogP contribution in [-0.4, -0.2) is 44.2 Å². The van der Waals surface area contributed by atoms with Crippen molar-refractivity contribution >= 4 is 21.7 Å². The molecule has 1 aromatic rings. The second kappa shape index (κ2) is 8.43. The first-order valence-corrected chi connectivity index (χ1v) is 10.0. The number of nitrogens with one attached hydrogen (secondary N) is 2. The number of sulfonamides is 1. The number of pyridine rings is 1. The molecule has 0 spiro atoms. The van der Waals surface area contributed by atoms with Gasteiger partial charge in [0.05, 0.1) is 11.8 Å². The molecular formula is C16H26N4O3S. The van der Waals surface area contributed by atoms with E-state index in [0.717, 1.165) is 24.5 Å². The van der Waals surface area contributed by atoms with Crippen molar-refractivity contribution in [2.24, 2.45) is 0 Å². The number of amides is 1. The van der Waals surface area contributed by atoms with Crippen LogP contribution in [0.15, 0.2) is 18.3 Å². The van der Waals surface area contributed by atoms with Crippen LogP contribution in [-0.2, 0) is 21.4 Å². The molecule has 0 radical (unpaired) electrons. The van der Waals surface area contributed by atoms with E-state index in [1.165, 1.54) is 12.8 Å². The summed E-state index contributed by atoms with van der Waals surface area (Å²) in [7, 11) is -3.40. The number of aromatic nitrogens is 1. The summed E-state index contributed by atoms with van der Waals surface area (Å²) < 4.78 is 25.8. The van der Waals surface area contributed by atoms with E-state index in [-0.39, 0.29) is 11.7 Å². The third-order valence-corrected chi connectivity index (χ3v) is 5.59. The van der Waals surface area contributed by atoms with Crippen LogP contribution in [0.25, 0.3) is 0 Å². The number of carbonyl (C=O) groups is 1. The first kappa shape index (κ1) is 18.7. The zero-order valence-corrected chi connectivity index (χ0v) is 15.1. The Kier molecular flexibility index (Phi) is 6.56. The van der Waals surface area contributed by atoms with Crippen molar-refractivity contribution < 1.29 is 13.2 Å². The molecule has 1 aliphatic heterocycles. The van der Waals surface area contributed by atoms with Gasteiger partial charge in [0, 0.05) is 25.8 Å². The second-order valence-corrected chi connectivity index (χ2v) is 7.97. The molecule has 0 saturated carbocycles. The lowest BCUT2D eigenvalue weighted by Gasteiger charge is -2.17. The lowest BCUT2D eigenvalue weighted by Crippen LogP contribution is -2.45. The molecule has 1 fully saturated rings. The van der Waals surface area contributed by atoms with Gasteiger partial charge in [-0.05, 0) is 43.9 Å². The zero-order valence-electron chi connectivity index (χ0n) is 14.3. The van der Waals surface area contributed by atoms with E-state index >= 15 is 0 Å². The van der Waals surface area contributed by atoms with Gasteiger partial charge in [-0.2, -0.15) is 0 Å². The van der Waals surface area contributed by atoms with Gasteiger partial charge in [-0.3, -0.25) is 4.79 Å². The van der Waals surface area contributed by atoms with Gasteiger partial charge in [0.1, 0.15) is 5.82 Å². The predicted molar refractivity (Wildman–Crippen MR) is 94.2 cm³/mol. The van der Waals surface area contributed by atoms with Gasteiger partial charge in [-0.25, -0.2) is 18.1 Å². The van der Waals surface area contributed by atoms with Crippen LogP contribution in [0.2, 0.25) is 0 Å². The molecule has 0 bridgehead atoms. The van der Waals surface area contributed by atoms with Crippen LogP contribution < -0.4 is 14.9 Å². The Morgan fingerprint density at radius 3 is 2.75 bits per heavy atom. The Hall–Kier alpha value is -1.67. The van der Waals surface area contributed by atoms with Gasteiger partial charge in [0.15, 0.2) is 0 Å². The van der Waals surface area contributed by atoms with Crippen molar-refractivity contribution in [3.63, 3.8) is 0 Å². The van der Waals surface area contributed by atoms with Crippen LogP contribution in [0.5, 0.6) is 0 Å². The van der Waals surface area contributed by atoms with Crippen molar-refractivity contribution in [1.29, 1.82) is 0 Å². The van der Waals surface area contributed by atoms with Crippen molar-refractivity contribution in [1.82, 2.24) is 15.0 Å². The number of nitrogens with zero attached hydrogens (tertiary/aromatic N) is 2. The SMILES string of the molecule is CCCS(=O)(=O)N[C@@H](C)C(=O)NCc1ccnc(N2CCCC2)c1. The van der Waals surface area contributed by atoms with Crippen LogP contribution >= 0.6 is 0 Å². The molecule has 134 valence electrons. The molecule has 8 heteroatoms. The summed E-state index contributed by atoms with van der Waals surface area (Å²) in [6, 6.07) is 3.03. The topological polar surface area (TPSA) is 91.4 Å². The van der Waals surface area contributed by atoms with Gasteiger partial charge >= 0.3 is 0 Å². The summed E-state index contributed by atoms with van der Waals surface area (Å²) in [6.45, 7) is 5.70. The lowest BCUT2D eigenvalue weighted by molar-refractivity contribution is -0.122. The Morgan fingerprint density at radius 2 is 2.08 bits per heavy atom. The molecule has 1 aromatic heterocycles. The van der Waals surface area contributed by atoms with Crippen molar-refractivity contribution in [3.05, 3.63) is 23.9 Å². The first-order valence-electron chi connectivity index (χ1n) is 8.39. The van der Waals surface area contributed by atoms with E-state index in [1.54, 1.807) is 20.0 Å². The summed E-state index contributed by atoms with van der Waals surface area (Å²) >= 11 is 0. The summed E-state index contributed by atoms with van der Waals surface area (Å²) in [5.41, 5.74) is 0.948. The lowest BCUT2D eigenvalue weighted by atomic mass is 10.2. The van der Waals surface area contributed by atoms with Crippen LogP contribution in [0, 0.1) is 0 Å². The number of carbonyl (C=O) groups excluding carboxylic acids is 1. The minimum atomic E-state index is -3.40. The van der Waals surface area contributed by atoms with E-state index in [9.17, 15) is 13.2 Å². The van der Waals surface area contributed by atoms with Crippen molar-refractivity contribution in [2.45, 2.75) is 45.7 Å². The first-order chi connectivity index (χ1) is 11.4.